The van der Waals surface area contributed by atoms with Crippen molar-refractivity contribution in [3.05, 3.63) is 41.6 Å². The van der Waals surface area contributed by atoms with Gasteiger partial charge in [0.05, 0.1) is 11.6 Å². The minimum atomic E-state index is -0.354. The molecule has 0 saturated carbocycles. The molecule has 1 aromatic carbocycles. The van der Waals surface area contributed by atoms with E-state index in [1.54, 1.807) is 0 Å². The SMILES string of the molecule is Cc1ccc2cc(C(O)C3CCNCC3)ccc2n1. The lowest BCUT2D eigenvalue weighted by molar-refractivity contribution is 0.0890. The molecule has 1 atom stereocenters. The number of fused-ring (bicyclic) bond motifs is 1. The molecule has 1 saturated heterocycles. The molecule has 1 unspecified atom stereocenters. The molecule has 3 rings (SSSR count). The van der Waals surface area contributed by atoms with E-state index in [0.29, 0.717) is 5.92 Å². The van der Waals surface area contributed by atoms with Gasteiger partial charge in [-0.25, -0.2) is 0 Å². The summed E-state index contributed by atoms with van der Waals surface area (Å²) < 4.78 is 0. The number of benzene rings is 1. The van der Waals surface area contributed by atoms with Crippen molar-refractivity contribution in [2.24, 2.45) is 5.92 Å². The van der Waals surface area contributed by atoms with Crippen molar-refractivity contribution >= 4 is 10.9 Å². The Balaban J connectivity index is 1.89. The van der Waals surface area contributed by atoms with Gasteiger partial charge >= 0.3 is 0 Å². The second-order valence-electron chi connectivity index (χ2n) is 5.44. The Morgan fingerprint density at radius 3 is 2.79 bits per heavy atom. The highest BCUT2D eigenvalue weighted by molar-refractivity contribution is 5.79. The first-order chi connectivity index (χ1) is 9.24. The number of nitrogens with one attached hydrogen (secondary N) is 1. The Morgan fingerprint density at radius 2 is 2.00 bits per heavy atom. The van der Waals surface area contributed by atoms with Crippen LogP contribution in [-0.2, 0) is 0 Å². The predicted octanol–water partition coefficient (Wildman–Crippen LogP) is 2.58. The summed E-state index contributed by atoms with van der Waals surface area (Å²) in [6, 6.07) is 10.2. The highest BCUT2D eigenvalue weighted by atomic mass is 16.3. The van der Waals surface area contributed by atoms with E-state index >= 15 is 0 Å². The van der Waals surface area contributed by atoms with Crippen LogP contribution in [0.25, 0.3) is 10.9 Å². The molecule has 0 radical (unpaired) electrons. The normalized spacial score (nSPS) is 18.6. The van der Waals surface area contributed by atoms with Crippen molar-refractivity contribution in [3.63, 3.8) is 0 Å². The molecule has 2 aromatic rings. The maximum atomic E-state index is 10.5. The van der Waals surface area contributed by atoms with Crippen LogP contribution in [0.3, 0.4) is 0 Å². The average molecular weight is 256 g/mol. The maximum absolute atomic E-state index is 10.5. The third-order valence-corrected chi connectivity index (χ3v) is 4.02. The number of hydrogen-bond acceptors (Lipinski definition) is 3. The van der Waals surface area contributed by atoms with Crippen LogP contribution < -0.4 is 5.32 Å². The van der Waals surface area contributed by atoms with Gasteiger partial charge in [-0.05, 0) is 62.5 Å². The van der Waals surface area contributed by atoms with Crippen molar-refractivity contribution < 1.29 is 5.11 Å². The number of rotatable bonds is 2. The summed E-state index contributed by atoms with van der Waals surface area (Å²) in [5.41, 5.74) is 3.05. The molecule has 1 aliphatic rings. The van der Waals surface area contributed by atoms with Gasteiger partial charge in [0.25, 0.3) is 0 Å². The van der Waals surface area contributed by atoms with E-state index in [2.05, 4.69) is 22.4 Å². The fourth-order valence-corrected chi connectivity index (χ4v) is 2.86. The number of nitrogens with zero attached hydrogens (tertiary/aromatic N) is 1. The summed E-state index contributed by atoms with van der Waals surface area (Å²) in [5, 5.41) is 15.0. The van der Waals surface area contributed by atoms with Crippen molar-refractivity contribution in [1.29, 1.82) is 0 Å². The van der Waals surface area contributed by atoms with Gasteiger partial charge < -0.3 is 10.4 Å². The summed E-state index contributed by atoms with van der Waals surface area (Å²) in [7, 11) is 0. The van der Waals surface area contributed by atoms with E-state index in [1.807, 2.05) is 25.1 Å². The zero-order valence-corrected chi connectivity index (χ0v) is 11.3. The molecule has 0 spiro atoms. The van der Waals surface area contributed by atoms with Crippen LogP contribution in [0.4, 0.5) is 0 Å². The number of piperidine rings is 1. The van der Waals surface area contributed by atoms with Crippen molar-refractivity contribution in [1.82, 2.24) is 10.3 Å². The maximum Gasteiger partial charge on any atom is 0.0819 e. The minimum Gasteiger partial charge on any atom is -0.388 e. The van der Waals surface area contributed by atoms with Gasteiger partial charge in [0.15, 0.2) is 0 Å². The topological polar surface area (TPSA) is 45.1 Å². The van der Waals surface area contributed by atoms with Crippen LogP contribution in [0, 0.1) is 12.8 Å². The fourth-order valence-electron chi connectivity index (χ4n) is 2.86. The van der Waals surface area contributed by atoms with E-state index < -0.39 is 0 Å². The summed E-state index contributed by atoms with van der Waals surface area (Å²) in [4.78, 5) is 4.50. The van der Waals surface area contributed by atoms with E-state index in [9.17, 15) is 5.11 Å². The smallest absolute Gasteiger partial charge is 0.0819 e. The second kappa shape index (κ2) is 5.27. The standard InChI is InChI=1S/C16H20N2O/c1-11-2-3-13-10-14(4-5-15(13)18-11)16(19)12-6-8-17-9-7-12/h2-5,10,12,16-17,19H,6-9H2,1H3. The molecule has 0 amide bonds. The zero-order chi connectivity index (χ0) is 13.2. The molecule has 1 aliphatic heterocycles. The van der Waals surface area contributed by atoms with Crippen LogP contribution in [0.1, 0.15) is 30.2 Å². The summed E-state index contributed by atoms with van der Waals surface area (Å²) in [6.07, 6.45) is 1.74. The summed E-state index contributed by atoms with van der Waals surface area (Å²) in [6.45, 7) is 4.02. The predicted molar refractivity (Wildman–Crippen MR) is 77.0 cm³/mol. The Morgan fingerprint density at radius 1 is 1.21 bits per heavy atom. The lowest BCUT2D eigenvalue weighted by atomic mass is 9.88. The highest BCUT2D eigenvalue weighted by Gasteiger charge is 2.22. The molecule has 2 heterocycles. The Kier molecular flexibility index (Phi) is 3.49. The van der Waals surface area contributed by atoms with Crippen LogP contribution in [0.2, 0.25) is 0 Å². The third-order valence-electron chi connectivity index (χ3n) is 4.02. The molecule has 1 fully saturated rings. The number of aliphatic hydroxyl groups is 1. The number of aromatic nitrogens is 1. The van der Waals surface area contributed by atoms with E-state index in [4.69, 9.17) is 0 Å². The van der Waals surface area contributed by atoms with Crippen LogP contribution in [0.15, 0.2) is 30.3 Å². The van der Waals surface area contributed by atoms with E-state index in [1.165, 1.54) is 0 Å². The molecule has 0 aliphatic carbocycles. The molecule has 2 N–H and O–H groups in total. The zero-order valence-electron chi connectivity index (χ0n) is 11.3. The first kappa shape index (κ1) is 12.6. The van der Waals surface area contributed by atoms with E-state index in [-0.39, 0.29) is 6.10 Å². The number of hydrogen-bond donors (Lipinski definition) is 2. The van der Waals surface area contributed by atoms with Gasteiger partial charge in [0.1, 0.15) is 0 Å². The Bertz CT molecular complexity index is 576. The van der Waals surface area contributed by atoms with E-state index in [0.717, 1.165) is 48.1 Å². The minimum absolute atomic E-state index is 0.354. The lowest BCUT2D eigenvalue weighted by Gasteiger charge is -2.27. The van der Waals surface area contributed by atoms with Gasteiger partial charge in [-0.1, -0.05) is 12.1 Å². The van der Waals surface area contributed by atoms with Gasteiger partial charge in [0.2, 0.25) is 0 Å². The molecular formula is C16H20N2O. The number of aryl methyl sites for hydroxylation is 1. The number of pyridine rings is 1. The molecule has 19 heavy (non-hydrogen) atoms. The van der Waals surface area contributed by atoms with Crippen LogP contribution in [-0.4, -0.2) is 23.2 Å². The fraction of sp³-hybridized carbons (Fsp3) is 0.438. The molecule has 0 bridgehead atoms. The Hall–Kier alpha value is -1.45. The van der Waals surface area contributed by atoms with Gasteiger partial charge in [0, 0.05) is 11.1 Å². The van der Waals surface area contributed by atoms with Crippen LogP contribution in [0.5, 0.6) is 0 Å². The third kappa shape index (κ3) is 2.62. The highest BCUT2D eigenvalue weighted by Crippen LogP contribution is 2.30. The number of aliphatic hydroxyl groups excluding tert-OH is 1. The molecule has 3 heteroatoms. The first-order valence-corrected chi connectivity index (χ1v) is 7.00. The van der Waals surface area contributed by atoms with Gasteiger partial charge in [-0.2, -0.15) is 0 Å². The van der Waals surface area contributed by atoms with Crippen molar-refractivity contribution in [2.75, 3.05) is 13.1 Å². The summed E-state index contributed by atoms with van der Waals surface area (Å²) >= 11 is 0. The largest absolute Gasteiger partial charge is 0.388 e. The van der Waals surface area contributed by atoms with Crippen molar-refractivity contribution in [2.45, 2.75) is 25.9 Å². The average Bonchev–Trinajstić information content (AvgIpc) is 2.47. The molecular weight excluding hydrogens is 236 g/mol. The Labute approximate surface area is 113 Å². The lowest BCUT2D eigenvalue weighted by Crippen LogP contribution is -2.30. The first-order valence-electron chi connectivity index (χ1n) is 7.00. The van der Waals surface area contributed by atoms with Gasteiger partial charge in [-0.15, -0.1) is 0 Å². The van der Waals surface area contributed by atoms with Crippen molar-refractivity contribution in [3.8, 4) is 0 Å². The molecule has 100 valence electrons. The molecule has 1 aromatic heterocycles. The molecule has 3 nitrogen and oxygen atoms in total. The summed E-state index contributed by atoms with van der Waals surface area (Å²) in [5.74, 6) is 0.372. The monoisotopic (exact) mass is 256 g/mol. The van der Waals surface area contributed by atoms with Crippen LogP contribution >= 0.6 is 0 Å². The quantitative estimate of drug-likeness (QED) is 0.868. The van der Waals surface area contributed by atoms with Gasteiger partial charge in [-0.3, -0.25) is 4.98 Å². The second-order valence-corrected chi connectivity index (χ2v) is 5.44.